The molecule has 5 heteroatoms. The molecule has 0 saturated carbocycles. The fraction of sp³-hybridized carbons (Fsp3) is 0.520. The van der Waals surface area contributed by atoms with Crippen molar-refractivity contribution in [3.05, 3.63) is 58.9 Å². The lowest BCUT2D eigenvalue weighted by atomic mass is 9.74. The smallest absolute Gasteiger partial charge is 0.127 e. The second-order valence-corrected chi connectivity index (χ2v) is 9.87. The van der Waals surface area contributed by atoms with Crippen LogP contribution in [0.2, 0.25) is 0 Å². The van der Waals surface area contributed by atoms with Crippen LogP contribution in [-0.4, -0.2) is 31.1 Å². The molecule has 0 radical (unpaired) electrons. The number of ether oxygens (including phenoxy) is 1. The molecule has 4 rings (SSSR count). The highest BCUT2D eigenvalue weighted by atomic mass is 35.5. The van der Waals surface area contributed by atoms with E-state index >= 15 is 0 Å². The molecule has 2 aliphatic rings. The lowest BCUT2D eigenvalue weighted by Gasteiger charge is -2.38. The van der Waals surface area contributed by atoms with Crippen LogP contribution < -0.4 is 4.74 Å². The molecule has 0 N–H and O–H groups in total. The molecule has 0 aliphatic carbocycles. The average molecular weight is 450 g/mol. The van der Waals surface area contributed by atoms with Gasteiger partial charge in [-0.15, -0.1) is 24.2 Å². The molecule has 2 aromatic rings. The fourth-order valence-corrected chi connectivity index (χ4v) is 5.77. The van der Waals surface area contributed by atoms with E-state index in [4.69, 9.17) is 4.74 Å². The van der Waals surface area contributed by atoms with Gasteiger partial charge in [-0.3, -0.25) is 0 Å². The maximum Gasteiger partial charge on any atom is 0.127 e. The first kappa shape index (κ1) is 23.4. The van der Waals surface area contributed by atoms with E-state index in [0.29, 0.717) is 11.7 Å². The highest BCUT2D eigenvalue weighted by molar-refractivity contribution is 7.98. The van der Waals surface area contributed by atoms with Gasteiger partial charge in [-0.2, -0.15) is 0 Å². The highest BCUT2D eigenvalue weighted by Crippen LogP contribution is 2.47. The van der Waals surface area contributed by atoms with Crippen molar-refractivity contribution in [3.8, 4) is 5.75 Å². The molecule has 1 fully saturated rings. The van der Waals surface area contributed by atoms with Crippen LogP contribution in [-0.2, 0) is 11.2 Å². The van der Waals surface area contributed by atoms with E-state index < -0.39 is 0 Å². The quantitative estimate of drug-likeness (QED) is 0.450. The van der Waals surface area contributed by atoms with Crippen LogP contribution in [0.1, 0.15) is 62.6 Å². The van der Waals surface area contributed by atoms with E-state index in [1.807, 2.05) is 12.1 Å². The van der Waals surface area contributed by atoms with Crippen molar-refractivity contribution in [2.75, 3.05) is 26.2 Å². The Labute approximate surface area is 191 Å². The van der Waals surface area contributed by atoms with Gasteiger partial charge in [-0.05, 0) is 68.6 Å². The van der Waals surface area contributed by atoms with E-state index in [-0.39, 0.29) is 23.6 Å². The maximum absolute atomic E-state index is 14.4. The molecule has 0 atom stereocenters. The first-order valence-corrected chi connectivity index (χ1v) is 11.9. The third-order valence-corrected chi connectivity index (χ3v) is 7.56. The number of hydrogen-bond donors (Lipinski definition) is 0. The van der Waals surface area contributed by atoms with Crippen LogP contribution in [0.5, 0.6) is 5.75 Å². The van der Waals surface area contributed by atoms with Crippen LogP contribution in [0.25, 0.3) is 0 Å². The SMILES string of the molecule is CCCN1CCC2(CC1)COc1cc(SCc3c(F)cccc3C(C)C)ccc12.Cl. The lowest BCUT2D eigenvalue weighted by molar-refractivity contribution is 0.135. The molecular weight excluding hydrogens is 417 g/mol. The Balaban J connectivity index is 0.00000256. The van der Waals surface area contributed by atoms with Crippen LogP contribution in [0, 0.1) is 5.82 Å². The Kier molecular flexibility index (Phi) is 7.76. The zero-order valence-electron chi connectivity index (χ0n) is 18.2. The number of likely N-dealkylation sites (tertiary alicyclic amines) is 1. The summed E-state index contributed by atoms with van der Waals surface area (Å²) in [5, 5.41) is 0. The molecule has 1 saturated heterocycles. The maximum atomic E-state index is 14.4. The largest absolute Gasteiger partial charge is 0.492 e. The van der Waals surface area contributed by atoms with Crippen LogP contribution in [0.4, 0.5) is 4.39 Å². The molecular formula is C25H33ClFNOS. The van der Waals surface area contributed by atoms with Crippen molar-refractivity contribution in [1.82, 2.24) is 4.90 Å². The predicted molar refractivity (Wildman–Crippen MR) is 127 cm³/mol. The third-order valence-electron chi connectivity index (χ3n) is 6.54. The molecule has 1 spiro atoms. The average Bonchev–Trinajstić information content (AvgIpc) is 3.06. The predicted octanol–water partition coefficient (Wildman–Crippen LogP) is 6.80. The van der Waals surface area contributed by atoms with Gasteiger partial charge in [0, 0.05) is 27.2 Å². The first-order valence-electron chi connectivity index (χ1n) is 10.9. The van der Waals surface area contributed by atoms with Crippen molar-refractivity contribution in [2.24, 2.45) is 0 Å². The van der Waals surface area contributed by atoms with E-state index in [1.165, 1.54) is 44.5 Å². The van der Waals surface area contributed by atoms with E-state index in [1.54, 1.807) is 17.8 Å². The molecule has 0 aromatic heterocycles. The molecule has 0 unspecified atom stereocenters. The molecule has 0 amide bonds. The highest BCUT2D eigenvalue weighted by Gasteiger charge is 2.42. The third kappa shape index (κ3) is 4.66. The van der Waals surface area contributed by atoms with Gasteiger partial charge >= 0.3 is 0 Å². The summed E-state index contributed by atoms with van der Waals surface area (Å²) in [6.45, 7) is 10.8. The molecule has 164 valence electrons. The van der Waals surface area contributed by atoms with Gasteiger partial charge in [-0.25, -0.2) is 4.39 Å². The van der Waals surface area contributed by atoms with Gasteiger partial charge in [0.2, 0.25) is 0 Å². The molecule has 2 aromatic carbocycles. The van der Waals surface area contributed by atoms with Crippen LogP contribution >= 0.6 is 24.2 Å². The zero-order chi connectivity index (χ0) is 20.4. The van der Waals surface area contributed by atoms with Gasteiger partial charge in [0.1, 0.15) is 11.6 Å². The fourth-order valence-electron chi connectivity index (χ4n) is 4.80. The first-order chi connectivity index (χ1) is 14.0. The zero-order valence-corrected chi connectivity index (χ0v) is 19.9. The standard InChI is InChI=1S/C25H32FNOS.ClH/c1-4-12-27-13-10-25(11-14-27)17-28-24-15-19(8-9-22(24)25)29-16-21-20(18(2)3)6-5-7-23(21)26;/h5-9,15,18H,4,10-14,16-17H2,1-3H3;1H. The van der Waals surface area contributed by atoms with Gasteiger partial charge in [0.25, 0.3) is 0 Å². The van der Waals surface area contributed by atoms with Crippen LogP contribution in [0.15, 0.2) is 41.3 Å². The summed E-state index contributed by atoms with van der Waals surface area (Å²) in [7, 11) is 0. The molecule has 0 bridgehead atoms. The summed E-state index contributed by atoms with van der Waals surface area (Å²) in [6, 6.07) is 12.1. The summed E-state index contributed by atoms with van der Waals surface area (Å²) in [5.41, 5.74) is 3.51. The molecule has 30 heavy (non-hydrogen) atoms. The summed E-state index contributed by atoms with van der Waals surface area (Å²) in [5.74, 6) is 1.91. The number of halogens is 2. The second kappa shape index (κ2) is 9.93. The number of nitrogens with zero attached hydrogens (tertiary/aromatic N) is 1. The number of hydrogen-bond acceptors (Lipinski definition) is 3. The molecule has 2 nitrogen and oxygen atoms in total. The Morgan fingerprint density at radius 2 is 1.93 bits per heavy atom. The topological polar surface area (TPSA) is 12.5 Å². The summed E-state index contributed by atoms with van der Waals surface area (Å²) in [4.78, 5) is 3.73. The van der Waals surface area contributed by atoms with Gasteiger partial charge in [0.15, 0.2) is 0 Å². The van der Waals surface area contributed by atoms with Crippen molar-refractivity contribution in [1.29, 1.82) is 0 Å². The number of thioether (sulfide) groups is 1. The van der Waals surface area contributed by atoms with E-state index in [9.17, 15) is 4.39 Å². The molecule has 2 aliphatic heterocycles. The second-order valence-electron chi connectivity index (χ2n) is 8.82. The lowest BCUT2D eigenvalue weighted by Crippen LogP contribution is -2.43. The number of fused-ring (bicyclic) bond motifs is 2. The van der Waals surface area contributed by atoms with Gasteiger partial charge < -0.3 is 9.64 Å². The van der Waals surface area contributed by atoms with Gasteiger partial charge in [-0.1, -0.05) is 39.0 Å². The summed E-state index contributed by atoms with van der Waals surface area (Å²) < 4.78 is 20.6. The Morgan fingerprint density at radius 1 is 1.17 bits per heavy atom. The number of benzene rings is 2. The van der Waals surface area contributed by atoms with Crippen molar-refractivity contribution in [3.63, 3.8) is 0 Å². The Morgan fingerprint density at radius 3 is 2.63 bits per heavy atom. The normalized spacial score (nSPS) is 17.6. The monoisotopic (exact) mass is 449 g/mol. The minimum Gasteiger partial charge on any atom is -0.492 e. The summed E-state index contributed by atoms with van der Waals surface area (Å²) >= 11 is 1.70. The number of rotatable bonds is 6. The molecule has 2 heterocycles. The van der Waals surface area contributed by atoms with E-state index in [0.717, 1.165) is 28.4 Å². The minimum atomic E-state index is -0.0982. The minimum absolute atomic E-state index is 0. The van der Waals surface area contributed by atoms with Crippen molar-refractivity contribution >= 4 is 24.2 Å². The Hall–Kier alpha value is -1.23. The van der Waals surface area contributed by atoms with Crippen LogP contribution in [0.3, 0.4) is 0 Å². The van der Waals surface area contributed by atoms with Crippen molar-refractivity contribution < 1.29 is 9.13 Å². The number of piperidine rings is 1. The van der Waals surface area contributed by atoms with E-state index in [2.05, 4.69) is 43.9 Å². The van der Waals surface area contributed by atoms with Gasteiger partial charge in [0.05, 0.1) is 6.61 Å². The van der Waals surface area contributed by atoms with Crippen molar-refractivity contribution in [2.45, 2.75) is 62.0 Å². The summed E-state index contributed by atoms with van der Waals surface area (Å²) in [6.07, 6.45) is 3.58. The Bertz CT molecular complexity index is 864.